The van der Waals surface area contributed by atoms with Gasteiger partial charge >= 0.3 is 0 Å². The molecule has 0 unspecified atom stereocenters. The van der Waals surface area contributed by atoms with Gasteiger partial charge in [-0.15, -0.1) is 10.2 Å². The lowest BCUT2D eigenvalue weighted by molar-refractivity contribution is -0.127. The van der Waals surface area contributed by atoms with Gasteiger partial charge in [0.05, 0.1) is 17.9 Å². The first kappa shape index (κ1) is 20.2. The molecule has 3 heterocycles. The largest absolute Gasteiger partial charge is 0.459 e. The van der Waals surface area contributed by atoms with E-state index in [1.807, 2.05) is 42.5 Å². The van der Waals surface area contributed by atoms with Crippen LogP contribution in [0.4, 0.5) is 0 Å². The molecule has 0 aliphatic carbocycles. The molecule has 152 valence electrons. The molecular formula is C21H17ClN4O3S. The van der Waals surface area contributed by atoms with Gasteiger partial charge in [-0.2, -0.15) is 0 Å². The van der Waals surface area contributed by atoms with E-state index in [-0.39, 0.29) is 11.7 Å². The molecule has 0 N–H and O–H groups in total. The van der Waals surface area contributed by atoms with Gasteiger partial charge in [-0.25, -0.2) is 0 Å². The molecule has 0 aliphatic heterocycles. The zero-order valence-electron chi connectivity index (χ0n) is 16.0. The Balaban J connectivity index is 1.31. The van der Waals surface area contributed by atoms with E-state index in [9.17, 15) is 4.79 Å². The molecule has 0 spiro atoms. The second-order valence-electron chi connectivity index (χ2n) is 6.43. The average Bonchev–Trinajstić information content (AvgIpc) is 3.43. The van der Waals surface area contributed by atoms with E-state index in [2.05, 4.69) is 15.2 Å². The third kappa shape index (κ3) is 4.90. The molecular weight excluding hydrogens is 424 g/mol. The van der Waals surface area contributed by atoms with Crippen molar-refractivity contribution >= 4 is 29.3 Å². The third-order valence-corrected chi connectivity index (χ3v) is 5.30. The van der Waals surface area contributed by atoms with Gasteiger partial charge in [0.2, 0.25) is 11.8 Å². The second-order valence-corrected chi connectivity index (χ2v) is 7.79. The number of amides is 1. The molecule has 0 saturated heterocycles. The van der Waals surface area contributed by atoms with Crippen molar-refractivity contribution in [2.45, 2.75) is 11.8 Å². The van der Waals surface area contributed by atoms with Crippen LogP contribution in [0.5, 0.6) is 0 Å². The highest BCUT2D eigenvalue weighted by Gasteiger charge is 2.15. The summed E-state index contributed by atoms with van der Waals surface area (Å²) in [6.07, 6.45) is 3.31. The lowest BCUT2D eigenvalue weighted by Crippen LogP contribution is -2.27. The number of thioether (sulfide) groups is 1. The molecule has 4 aromatic rings. The monoisotopic (exact) mass is 440 g/mol. The Morgan fingerprint density at radius 3 is 2.67 bits per heavy atom. The number of carbonyl (C=O) groups excluding carboxylic acids is 1. The lowest BCUT2D eigenvalue weighted by Gasteiger charge is -2.14. The van der Waals surface area contributed by atoms with Crippen LogP contribution in [0.3, 0.4) is 0 Å². The van der Waals surface area contributed by atoms with Gasteiger partial charge in [0.25, 0.3) is 5.22 Å². The minimum atomic E-state index is -0.0782. The minimum absolute atomic E-state index is 0.0782. The number of pyridine rings is 1. The van der Waals surface area contributed by atoms with Gasteiger partial charge in [0.15, 0.2) is 0 Å². The first-order chi connectivity index (χ1) is 14.6. The lowest BCUT2D eigenvalue weighted by atomic mass is 10.2. The number of carbonyl (C=O) groups is 1. The molecule has 30 heavy (non-hydrogen) atoms. The van der Waals surface area contributed by atoms with Crippen LogP contribution >= 0.6 is 23.4 Å². The van der Waals surface area contributed by atoms with E-state index < -0.39 is 0 Å². The van der Waals surface area contributed by atoms with Crippen molar-refractivity contribution in [3.05, 3.63) is 71.7 Å². The Bertz CT molecular complexity index is 1130. The molecule has 0 fully saturated rings. The SMILES string of the molecule is CN(Cc1ccc(-c2ccc(Cl)cc2)o1)C(=O)CSc1nnc(-c2cccnc2)o1. The zero-order chi connectivity index (χ0) is 20.9. The smallest absolute Gasteiger partial charge is 0.277 e. The highest BCUT2D eigenvalue weighted by molar-refractivity contribution is 7.99. The number of nitrogens with zero attached hydrogens (tertiary/aromatic N) is 4. The van der Waals surface area contributed by atoms with Crippen molar-refractivity contribution in [3.8, 4) is 22.8 Å². The number of benzene rings is 1. The molecule has 1 aromatic carbocycles. The number of rotatable bonds is 7. The number of aromatic nitrogens is 3. The predicted octanol–water partition coefficient (Wildman–Crippen LogP) is 4.80. The number of halogens is 1. The molecule has 1 amide bonds. The average molecular weight is 441 g/mol. The fraction of sp³-hybridized carbons (Fsp3) is 0.143. The zero-order valence-corrected chi connectivity index (χ0v) is 17.6. The molecule has 0 atom stereocenters. The van der Waals surface area contributed by atoms with E-state index in [4.69, 9.17) is 20.4 Å². The summed E-state index contributed by atoms with van der Waals surface area (Å²) >= 11 is 7.11. The molecule has 0 saturated carbocycles. The Labute approximate surface area is 182 Å². The first-order valence-corrected chi connectivity index (χ1v) is 10.4. The van der Waals surface area contributed by atoms with E-state index in [1.165, 1.54) is 11.8 Å². The number of hydrogen-bond acceptors (Lipinski definition) is 7. The van der Waals surface area contributed by atoms with Crippen molar-refractivity contribution in [2.75, 3.05) is 12.8 Å². The maximum Gasteiger partial charge on any atom is 0.277 e. The van der Waals surface area contributed by atoms with E-state index in [0.717, 1.165) is 16.9 Å². The summed E-state index contributed by atoms with van der Waals surface area (Å²) in [4.78, 5) is 18.1. The number of furan rings is 1. The van der Waals surface area contributed by atoms with Gasteiger partial charge in [-0.3, -0.25) is 9.78 Å². The second kappa shape index (κ2) is 9.15. The summed E-state index contributed by atoms with van der Waals surface area (Å²) in [6.45, 7) is 0.359. The van der Waals surface area contributed by atoms with Crippen LogP contribution in [0.25, 0.3) is 22.8 Å². The maximum atomic E-state index is 12.5. The Kier molecular flexibility index (Phi) is 6.15. The van der Waals surface area contributed by atoms with Crippen LogP contribution in [0.1, 0.15) is 5.76 Å². The molecule has 9 heteroatoms. The maximum absolute atomic E-state index is 12.5. The van der Waals surface area contributed by atoms with Crippen LogP contribution in [-0.2, 0) is 11.3 Å². The predicted molar refractivity (Wildman–Crippen MR) is 114 cm³/mol. The van der Waals surface area contributed by atoms with Crippen molar-refractivity contribution in [3.63, 3.8) is 0 Å². The van der Waals surface area contributed by atoms with Gasteiger partial charge in [-0.1, -0.05) is 23.4 Å². The summed E-state index contributed by atoms with van der Waals surface area (Å²) in [7, 11) is 1.72. The van der Waals surface area contributed by atoms with Gasteiger partial charge in [-0.05, 0) is 48.5 Å². The van der Waals surface area contributed by atoms with Crippen LogP contribution in [0, 0.1) is 0 Å². The third-order valence-electron chi connectivity index (χ3n) is 4.24. The van der Waals surface area contributed by atoms with Crippen LogP contribution < -0.4 is 0 Å². The van der Waals surface area contributed by atoms with E-state index in [1.54, 1.807) is 30.4 Å². The van der Waals surface area contributed by atoms with Crippen LogP contribution in [-0.4, -0.2) is 38.8 Å². The Hall–Kier alpha value is -3.10. The van der Waals surface area contributed by atoms with Crippen LogP contribution in [0.2, 0.25) is 5.02 Å². The minimum Gasteiger partial charge on any atom is -0.459 e. The van der Waals surface area contributed by atoms with Crippen LogP contribution in [0.15, 0.2) is 75.0 Å². The molecule has 0 aliphatic rings. The fourth-order valence-corrected chi connectivity index (χ4v) is 3.49. The molecule has 3 aromatic heterocycles. The standard InChI is InChI=1S/C21H17ClN4O3S/c1-26(12-17-8-9-18(28-17)14-4-6-16(22)7-5-14)19(27)13-30-21-25-24-20(29-21)15-3-2-10-23-11-15/h2-11H,12-13H2,1H3. The molecule has 0 radical (unpaired) electrons. The van der Waals surface area contributed by atoms with Gasteiger partial charge in [0.1, 0.15) is 11.5 Å². The summed E-state index contributed by atoms with van der Waals surface area (Å²) in [5.41, 5.74) is 1.66. The summed E-state index contributed by atoms with van der Waals surface area (Å²) in [5.74, 6) is 1.89. The normalized spacial score (nSPS) is 10.9. The van der Waals surface area contributed by atoms with Crippen molar-refractivity contribution in [2.24, 2.45) is 0 Å². The molecule has 4 rings (SSSR count). The highest BCUT2D eigenvalue weighted by atomic mass is 35.5. The van der Waals surface area contributed by atoms with E-state index >= 15 is 0 Å². The summed E-state index contributed by atoms with van der Waals surface area (Å²) < 4.78 is 11.4. The fourth-order valence-electron chi connectivity index (χ4n) is 2.66. The van der Waals surface area contributed by atoms with Crippen molar-refractivity contribution in [1.82, 2.24) is 20.1 Å². The first-order valence-electron chi connectivity index (χ1n) is 9.04. The summed E-state index contributed by atoms with van der Waals surface area (Å²) in [5, 5.41) is 8.96. The van der Waals surface area contributed by atoms with Gasteiger partial charge in [0, 0.05) is 30.0 Å². The Morgan fingerprint density at radius 1 is 1.07 bits per heavy atom. The van der Waals surface area contributed by atoms with Gasteiger partial charge < -0.3 is 13.7 Å². The van der Waals surface area contributed by atoms with Crippen molar-refractivity contribution < 1.29 is 13.6 Å². The molecule has 7 nitrogen and oxygen atoms in total. The highest BCUT2D eigenvalue weighted by Crippen LogP contribution is 2.25. The van der Waals surface area contributed by atoms with Crippen molar-refractivity contribution in [1.29, 1.82) is 0 Å². The van der Waals surface area contributed by atoms with E-state index in [0.29, 0.717) is 28.4 Å². The molecule has 0 bridgehead atoms. The Morgan fingerprint density at radius 2 is 1.90 bits per heavy atom. The topological polar surface area (TPSA) is 85.3 Å². The quantitative estimate of drug-likeness (QED) is 0.381. The summed E-state index contributed by atoms with van der Waals surface area (Å²) in [6, 6.07) is 14.8. The number of hydrogen-bond donors (Lipinski definition) is 0.